The standard InChI is InChI=1S/C16H16N4O2/c1-11-7-14(12(2)19-11)9-18-20-16(21)10-22-15-6-4-3-5-13(15)8-17/h3-7,9,19H,10H2,1-2H3,(H,20,21)/b18-9+. The molecule has 0 spiro atoms. The first-order valence-corrected chi connectivity index (χ1v) is 6.70. The van der Waals surface area contributed by atoms with Gasteiger partial charge < -0.3 is 9.72 Å². The molecule has 0 atom stereocenters. The summed E-state index contributed by atoms with van der Waals surface area (Å²) in [5.74, 6) is -0.0184. The number of aryl methyl sites for hydroxylation is 2. The summed E-state index contributed by atoms with van der Waals surface area (Å²) in [7, 11) is 0. The van der Waals surface area contributed by atoms with Crippen molar-refractivity contribution in [2.45, 2.75) is 13.8 Å². The lowest BCUT2D eigenvalue weighted by Gasteiger charge is -2.06. The van der Waals surface area contributed by atoms with Gasteiger partial charge in [-0.25, -0.2) is 5.43 Å². The van der Waals surface area contributed by atoms with Gasteiger partial charge in [0.05, 0.1) is 11.8 Å². The molecule has 1 heterocycles. The fraction of sp³-hybridized carbons (Fsp3) is 0.188. The van der Waals surface area contributed by atoms with Gasteiger partial charge in [0.25, 0.3) is 5.91 Å². The second kappa shape index (κ2) is 7.09. The van der Waals surface area contributed by atoms with Crippen LogP contribution < -0.4 is 10.2 Å². The van der Waals surface area contributed by atoms with E-state index in [1.807, 2.05) is 26.0 Å². The number of para-hydroxylation sites is 1. The van der Waals surface area contributed by atoms with Crippen LogP contribution in [0.25, 0.3) is 0 Å². The Balaban J connectivity index is 1.86. The molecule has 0 radical (unpaired) electrons. The summed E-state index contributed by atoms with van der Waals surface area (Å²) >= 11 is 0. The summed E-state index contributed by atoms with van der Waals surface area (Å²) in [6.45, 7) is 3.67. The zero-order chi connectivity index (χ0) is 15.9. The van der Waals surface area contributed by atoms with Crippen molar-refractivity contribution in [1.82, 2.24) is 10.4 Å². The van der Waals surface area contributed by atoms with E-state index in [1.54, 1.807) is 30.5 Å². The van der Waals surface area contributed by atoms with E-state index in [1.165, 1.54) is 0 Å². The van der Waals surface area contributed by atoms with Crippen molar-refractivity contribution in [2.24, 2.45) is 5.10 Å². The number of carbonyl (C=O) groups is 1. The molecule has 1 aromatic heterocycles. The van der Waals surface area contributed by atoms with Gasteiger partial charge in [0, 0.05) is 17.0 Å². The van der Waals surface area contributed by atoms with Crippen molar-refractivity contribution in [3.8, 4) is 11.8 Å². The van der Waals surface area contributed by atoms with Gasteiger partial charge >= 0.3 is 0 Å². The fourth-order valence-corrected chi connectivity index (χ4v) is 1.91. The third-order valence-electron chi connectivity index (χ3n) is 2.95. The van der Waals surface area contributed by atoms with E-state index >= 15 is 0 Å². The minimum absolute atomic E-state index is 0.207. The van der Waals surface area contributed by atoms with Crippen LogP contribution in [0.4, 0.5) is 0 Å². The first-order valence-electron chi connectivity index (χ1n) is 6.70. The number of hydrazone groups is 1. The van der Waals surface area contributed by atoms with Gasteiger partial charge in [-0.05, 0) is 32.0 Å². The van der Waals surface area contributed by atoms with Gasteiger partial charge in [0.15, 0.2) is 6.61 Å². The van der Waals surface area contributed by atoms with Gasteiger partial charge in [0.1, 0.15) is 11.8 Å². The molecule has 2 aromatic rings. The number of nitrogens with one attached hydrogen (secondary N) is 2. The summed E-state index contributed by atoms with van der Waals surface area (Å²) in [5.41, 5.74) is 5.69. The highest BCUT2D eigenvalue weighted by atomic mass is 16.5. The van der Waals surface area contributed by atoms with Crippen molar-refractivity contribution in [1.29, 1.82) is 5.26 Å². The van der Waals surface area contributed by atoms with E-state index in [2.05, 4.69) is 15.5 Å². The van der Waals surface area contributed by atoms with Gasteiger partial charge in [-0.2, -0.15) is 10.4 Å². The zero-order valence-electron chi connectivity index (χ0n) is 12.4. The Bertz CT molecular complexity index is 741. The molecule has 0 aliphatic heterocycles. The third-order valence-corrected chi connectivity index (χ3v) is 2.95. The number of hydrogen-bond acceptors (Lipinski definition) is 4. The van der Waals surface area contributed by atoms with E-state index < -0.39 is 5.91 Å². The topological polar surface area (TPSA) is 90.3 Å². The van der Waals surface area contributed by atoms with Crippen molar-refractivity contribution >= 4 is 12.1 Å². The number of ether oxygens (including phenoxy) is 1. The van der Waals surface area contributed by atoms with Crippen LogP contribution in [0, 0.1) is 25.2 Å². The van der Waals surface area contributed by atoms with Crippen LogP contribution in [-0.4, -0.2) is 23.7 Å². The Morgan fingerprint density at radius 3 is 2.91 bits per heavy atom. The minimum Gasteiger partial charge on any atom is -0.482 e. The highest BCUT2D eigenvalue weighted by molar-refractivity contribution is 5.84. The molecule has 6 nitrogen and oxygen atoms in total. The number of aromatic nitrogens is 1. The maximum Gasteiger partial charge on any atom is 0.277 e. The molecule has 0 saturated heterocycles. The number of rotatable bonds is 5. The molecular formula is C16H16N4O2. The van der Waals surface area contributed by atoms with Gasteiger partial charge in [0.2, 0.25) is 0 Å². The van der Waals surface area contributed by atoms with Crippen molar-refractivity contribution < 1.29 is 9.53 Å². The molecule has 0 aliphatic rings. The van der Waals surface area contributed by atoms with Crippen LogP contribution in [-0.2, 0) is 4.79 Å². The lowest BCUT2D eigenvalue weighted by atomic mass is 10.2. The number of aromatic amines is 1. The number of benzene rings is 1. The lowest BCUT2D eigenvalue weighted by Crippen LogP contribution is -2.24. The fourth-order valence-electron chi connectivity index (χ4n) is 1.91. The van der Waals surface area contributed by atoms with E-state index in [0.29, 0.717) is 11.3 Å². The van der Waals surface area contributed by atoms with Crippen molar-refractivity contribution in [3.63, 3.8) is 0 Å². The normalized spacial score (nSPS) is 10.4. The Morgan fingerprint density at radius 1 is 1.45 bits per heavy atom. The first kappa shape index (κ1) is 15.3. The summed E-state index contributed by atoms with van der Waals surface area (Å²) in [6.07, 6.45) is 1.57. The summed E-state index contributed by atoms with van der Waals surface area (Å²) in [5, 5.41) is 12.8. The highest BCUT2D eigenvalue weighted by Gasteiger charge is 2.05. The molecule has 1 aromatic carbocycles. The van der Waals surface area contributed by atoms with Crippen molar-refractivity contribution in [2.75, 3.05) is 6.61 Å². The number of amides is 1. The zero-order valence-corrected chi connectivity index (χ0v) is 12.4. The maximum absolute atomic E-state index is 11.7. The van der Waals surface area contributed by atoms with E-state index in [-0.39, 0.29) is 6.61 Å². The van der Waals surface area contributed by atoms with Crippen LogP contribution in [0.3, 0.4) is 0 Å². The molecule has 0 bridgehead atoms. The Hall–Kier alpha value is -3.07. The predicted octanol–water partition coefficient (Wildman–Crippen LogP) is 2.03. The molecule has 0 saturated carbocycles. The molecule has 6 heteroatoms. The average Bonchev–Trinajstić information content (AvgIpc) is 2.83. The molecule has 112 valence electrons. The van der Waals surface area contributed by atoms with Gasteiger partial charge in [-0.3, -0.25) is 4.79 Å². The Morgan fingerprint density at radius 2 is 2.23 bits per heavy atom. The molecule has 0 unspecified atom stereocenters. The summed E-state index contributed by atoms with van der Waals surface area (Å²) < 4.78 is 5.31. The third kappa shape index (κ3) is 3.96. The number of H-pyrrole nitrogens is 1. The Kier molecular flexibility index (Phi) is 4.94. The van der Waals surface area contributed by atoms with Crippen LogP contribution in [0.2, 0.25) is 0 Å². The van der Waals surface area contributed by atoms with Gasteiger partial charge in [-0.1, -0.05) is 12.1 Å². The molecule has 0 aliphatic carbocycles. The largest absolute Gasteiger partial charge is 0.482 e. The smallest absolute Gasteiger partial charge is 0.277 e. The van der Waals surface area contributed by atoms with Crippen LogP contribution in [0.15, 0.2) is 35.4 Å². The SMILES string of the molecule is Cc1cc(/C=N/NC(=O)COc2ccccc2C#N)c(C)[nH]1. The average molecular weight is 296 g/mol. The number of nitriles is 1. The predicted molar refractivity (Wildman–Crippen MR) is 82.7 cm³/mol. The Labute approximate surface area is 128 Å². The van der Waals surface area contributed by atoms with Crippen LogP contribution >= 0.6 is 0 Å². The minimum atomic E-state index is -0.395. The van der Waals surface area contributed by atoms with Crippen molar-refractivity contribution in [3.05, 3.63) is 52.8 Å². The molecular weight excluding hydrogens is 280 g/mol. The van der Waals surface area contributed by atoms with E-state index in [4.69, 9.17) is 10.00 Å². The quantitative estimate of drug-likeness (QED) is 0.653. The van der Waals surface area contributed by atoms with E-state index in [0.717, 1.165) is 17.0 Å². The van der Waals surface area contributed by atoms with Crippen LogP contribution in [0.5, 0.6) is 5.75 Å². The molecule has 0 fully saturated rings. The first-order chi connectivity index (χ1) is 10.6. The number of hydrogen-bond donors (Lipinski definition) is 2. The number of nitrogens with zero attached hydrogens (tertiary/aromatic N) is 2. The highest BCUT2D eigenvalue weighted by Crippen LogP contribution is 2.16. The summed E-state index contributed by atoms with van der Waals surface area (Å²) in [6, 6.07) is 10.7. The van der Waals surface area contributed by atoms with Crippen LogP contribution in [0.1, 0.15) is 22.5 Å². The maximum atomic E-state index is 11.7. The molecule has 2 N–H and O–H groups in total. The molecule has 2 rings (SSSR count). The monoisotopic (exact) mass is 296 g/mol. The van der Waals surface area contributed by atoms with Gasteiger partial charge in [-0.15, -0.1) is 0 Å². The lowest BCUT2D eigenvalue weighted by molar-refractivity contribution is -0.123. The molecule has 1 amide bonds. The summed E-state index contributed by atoms with van der Waals surface area (Å²) in [4.78, 5) is 14.8. The second-order valence-electron chi connectivity index (χ2n) is 4.72. The van der Waals surface area contributed by atoms with E-state index in [9.17, 15) is 4.79 Å². The molecule has 22 heavy (non-hydrogen) atoms. The second-order valence-corrected chi connectivity index (χ2v) is 4.72. The number of carbonyl (C=O) groups excluding carboxylic acids is 1.